The van der Waals surface area contributed by atoms with E-state index in [1.54, 1.807) is 26.1 Å². The Morgan fingerprint density at radius 2 is 2.00 bits per heavy atom. The zero-order chi connectivity index (χ0) is 13.1. The molecule has 0 radical (unpaired) electrons. The van der Waals surface area contributed by atoms with Gasteiger partial charge in [0.15, 0.2) is 0 Å². The van der Waals surface area contributed by atoms with Gasteiger partial charge in [0.25, 0.3) is 0 Å². The van der Waals surface area contributed by atoms with Crippen molar-refractivity contribution in [2.24, 2.45) is 0 Å². The number of benzene rings is 1. The summed E-state index contributed by atoms with van der Waals surface area (Å²) < 4.78 is 27.5. The minimum atomic E-state index is -3.44. The van der Waals surface area contributed by atoms with Crippen molar-refractivity contribution in [2.75, 3.05) is 13.6 Å². The molecule has 0 heterocycles. The van der Waals surface area contributed by atoms with Crippen molar-refractivity contribution in [2.45, 2.75) is 24.8 Å². The Morgan fingerprint density at radius 3 is 2.56 bits per heavy atom. The van der Waals surface area contributed by atoms with E-state index in [1.165, 1.54) is 0 Å². The van der Waals surface area contributed by atoms with Crippen molar-refractivity contribution in [3.63, 3.8) is 0 Å². The molecule has 1 atom stereocenters. The zero-order valence-electron chi connectivity index (χ0n) is 10.5. The molecule has 1 unspecified atom stereocenters. The maximum atomic E-state index is 12.1. The molecule has 1 aromatic rings. The van der Waals surface area contributed by atoms with Crippen molar-refractivity contribution in [1.29, 1.82) is 0 Å². The molecule has 0 bridgehead atoms. The Hall–Kier alpha value is -0.140. The maximum Gasteiger partial charge on any atom is 0.240 e. The molecule has 1 rings (SSSR count). The quantitative estimate of drug-likeness (QED) is 0.848. The summed E-state index contributed by atoms with van der Waals surface area (Å²) in [6.45, 7) is 4.06. The van der Waals surface area contributed by atoms with E-state index in [1.807, 2.05) is 13.0 Å². The number of likely N-dealkylation sites (N-methyl/N-ethyl adjacent to an activating group) is 1. The van der Waals surface area contributed by atoms with Crippen LogP contribution in [0.2, 0.25) is 0 Å². The van der Waals surface area contributed by atoms with Gasteiger partial charge in [0.05, 0.1) is 4.90 Å². The standard InChI is InChI=1S/C11H17BrN2O2S.ClH/c1-8(13-3)7-14-17(15,16)11-6-4-5-10(12)9(11)2;/h4-6,8,13-14H,7H2,1-3H3;1H. The van der Waals surface area contributed by atoms with E-state index in [4.69, 9.17) is 0 Å². The van der Waals surface area contributed by atoms with E-state index < -0.39 is 10.0 Å². The van der Waals surface area contributed by atoms with Crippen LogP contribution in [0.4, 0.5) is 0 Å². The number of halogens is 2. The Kier molecular flexibility index (Phi) is 7.39. The first-order valence-corrected chi connectivity index (χ1v) is 7.58. The number of rotatable bonds is 5. The smallest absolute Gasteiger partial charge is 0.240 e. The molecule has 0 aromatic heterocycles. The molecule has 18 heavy (non-hydrogen) atoms. The van der Waals surface area contributed by atoms with Gasteiger partial charge in [-0.3, -0.25) is 0 Å². The number of nitrogens with one attached hydrogen (secondary N) is 2. The van der Waals surface area contributed by atoms with Gasteiger partial charge in [0, 0.05) is 17.1 Å². The largest absolute Gasteiger partial charge is 0.316 e. The summed E-state index contributed by atoms with van der Waals surface area (Å²) in [7, 11) is -1.64. The third kappa shape index (κ3) is 4.51. The van der Waals surface area contributed by atoms with Crippen LogP contribution in [0.15, 0.2) is 27.6 Å². The first-order chi connectivity index (χ1) is 7.88. The van der Waals surface area contributed by atoms with E-state index >= 15 is 0 Å². The van der Waals surface area contributed by atoms with Crippen LogP contribution in [-0.4, -0.2) is 28.1 Å². The lowest BCUT2D eigenvalue weighted by Crippen LogP contribution is -2.37. The van der Waals surface area contributed by atoms with Crippen LogP contribution in [-0.2, 0) is 10.0 Å². The van der Waals surface area contributed by atoms with E-state index in [0.717, 1.165) is 10.0 Å². The van der Waals surface area contributed by atoms with Crippen LogP contribution in [0.1, 0.15) is 12.5 Å². The monoisotopic (exact) mass is 356 g/mol. The average Bonchev–Trinajstić information content (AvgIpc) is 2.29. The fourth-order valence-corrected chi connectivity index (χ4v) is 3.19. The van der Waals surface area contributed by atoms with Crippen LogP contribution in [0.3, 0.4) is 0 Å². The van der Waals surface area contributed by atoms with Crippen LogP contribution >= 0.6 is 28.3 Å². The van der Waals surface area contributed by atoms with Crippen molar-refractivity contribution in [3.8, 4) is 0 Å². The van der Waals surface area contributed by atoms with E-state index in [-0.39, 0.29) is 18.4 Å². The van der Waals surface area contributed by atoms with Crippen LogP contribution in [0.25, 0.3) is 0 Å². The van der Waals surface area contributed by atoms with Gasteiger partial charge in [-0.15, -0.1) is 12.4 Å². The predicted molar refractivity (Wildman–Crippen MR) is 79.8 cm³/mol. The molecule has 0 aliphatic rings. The predicted octanol–water partition coefficient (Wildman–Crippen LogP) is 2.07. The summed E-state index contributed by atoms with van der Waals surface area (Å²) >= 11 is 3.33. The average molecular weight is 358 g/mol. The molecular formula is C11H18BrClN2O2S. The molecule has 0 amide bonds. The highest BCUT2D eigenvalue weighted by atomic mass is 79.9. The van der Waals surface area contributed by atoms with Gasteiger partial charge in [-0.1, -0.05) is 22.0 Å². The van der Waals surface area contributed by atoms with Gasteiger partial charge in [-0.2, -0.15) is 0 Å². The Morgan fingerprint density at radius 1 is 1.39 bits per heavy atom. The number of hydrogen-bond acceptors (Lipinski definition) is 3. The highest BCUT2D eigenvalue weighted by Crippen LogP contribution is 2.22. The molecular weight excluding hydrogens is 340 g/mol. The third-order valence-corrected chi connectivity index (χ3v) is 5.01. The summed E-state index contributed by atoms with van der Waals surface area (Å²) in [6, 6.07) is 5.24. The summed E-state index contributed by atoms with van der Waals surface area (Å²) in [5.41, 5.74) is 0.720. The highest BCUT2D eigenvalue weighted by molar-refractivity contribution is 9.10. The lowest BCUT2D eigenvalue weighted by Gasteiger charge is -2.13. The topological polar surface area (TPSA) is 58.2 Å². The van der Waals surface area contributed by atoms with Gasteiger partial charge >= 0.3 is 0 Å². The van der Waals surface area contributed by atoms with Crippen LogP contribution in [0.5, 0.6) is 0 Å². The van der Waals surface area contributed by atoms with Crippen molar-refractivity contribution < 1.29 is 8.42 Å². The molecule has 0 fully saturated rings. The molecule has 2 N–H and O–H groups in total. The summed E-state index contributed by atoms with van der Waals surface area (Å²) in [5, 5.41) is 2.98. The summed E-state index contributed by atoms with van der Waals surface area (Å²) in [5.74, 6) is 0. The molecule has 1 aromatic carbocycles. The number of hydrogen-bond donors (Lipinski definition) is 2. The molecule has 7 heteroatoms. The fraction of sp³-hybridized carbons (Fsp3) is 0.455. The molecule has 0 saturated carbocycles. The van der Waals surface area contributed by atoms with Gasteiger partial charge in [0.2, 0.25) is 10.0 Å². The maximum absolute atomic E-state index is 12.1. The molecule has 0 spiro atoms. The van der Waals surface area contributed by atoms with Crippen molar-refractivity contribution in [3.05, 3.63) is 28.2 Å². The molecule has 0 aliphatic carbocycles. The van der Waals surface area contributed by atoms with Gasteiger partial charge < -0.3 is 5.32 Å². The Labute approximate surface area is 123 Å². The van der Waals surface area contributed by atoms with Gasteiger partial charge in [0.1, 0.15) is 0 Å². The lowest BCUT2D eigenvalue weighted by atomic mass is 10.2. The Bertz CT molecular complexity index is 494. The zero-order valence-corrected chi connectivity index (χ0v) is 13.7. The first kappa shape index (κ1) is 17.9. The first-order valence-electron chi connectivity index (χ1n) is 5.30. The van der Waals surface area contributed by atoms with Crippen LogP contribution < -0.4 is 10.0 Å². The second kappa shape index (κ2) is 7.45. The SMILES string of the molecule is CNC(C)CNS(=O)(=O)c1cccc(Br)c1C.Cl. The third-order valence-electron chi connectivity index (χ3n) is 2.58. The van der Waals surface area contributed by atoms with E-state index in [2.05, 4.69) is 26.0 Å². The highest BCUT2D eigenvalue weighted by Gasteiger charge is 2.18. The lowest BCUT2D eigenvalue weighted by molar-refractivity contribution is 0.554. The minimum Gasteiger partial charge on any atom is -0.316 e. The number of sulfonamides is 1. The molecule has 4 nitrogen and oxygen atoms in total. The van der Waals surface area contributed by atoms with E-state index in [0.29, 0.717) is 11.4 Å². The van der Waals surface area contributed by atoms with Crippen LogP contribution in [0, 0.1) is 6.92 Å². The van der Waals surface area contributed by atoms with Gasteiger partial charge in [-0.25, -0.2) is 13.1 Å². The molecule has 0 aliphatic heterocycles. The molecule has 104 valence electrons. The van der Waals surface area contributed by atoms with Crippen molar-refractivity contribution in [1.82, 2.24) is 10.0 Å². The van der Waals surface area contributed by atoms with E-state index in [9.17, 15) is 8.42 Å². The normalized spacial score (nSPS) is 12.9. The second-order valence-corrected chi connectivity index (χ2v) is 6.49. The Balaban J connectivity index is 0.00000289. The fourth-order valence-electron chi connectivity index (χ4n) is 1.29. The van der Waals surface area contributed by atoms with Gasteiger partial charge in [-0.05, 0) is 38.6 Å². The molecule has 0 saturated heterocycles. The van der Waals surface area contributed by atoms with Crippen molar-refractivity contribution >= 4 is 38.4 Å². The summed E-state index contributed by atoms with van der Waals surface area (Å²) in [4.78, 5) is 0.315. The second-order valence-electron chi connectivity index (χ2n) is 3.90. The summed E-state index contributed by atoms with van der Waals surface area (Å²) in [6.07, 6.45) is 0. The minimum absolute atomic E-state index is 0.